The van der Waals surface area contributed by atoms with Gasteiger partial charge in [0.15, 0.2) is 0 Å². The van der Waals surface area contributed by atoms with Gasteiger partial charge in [-0.25, -0.2) is 0 Å². The van der Waals surface area contributed by atoms with E-state index in [0.717, 1.165) is 103 Å². The molecule has 4 aliphatic carbocycles. The molecule has 6 aromatic rings. The third kappa shape index (κ3) is 9.92. The van der Waals surface area contributed by atoms with Crippen molar-refractivity contribution >= 4 is 52.9 Å². The largest absolute Gasteiger partial charge is 0.457 e. The van der Waals surface area contributed by atoms with Crippen molar-refractivity contribution in [1.29, 1.82) is 0 Å². The fourth-order valence-corrected chi connectivity index (χ4v) is 16.5. The normalized spacial score (nSPS) is 28.9. The van der Waals surface area contributed by atoms with Gasteiger partial charge in [0.25, 0.3) is 0 Å². The van der Waals surface area contributed by atoms with Gasteiger partial charge in [-0.3, -0.25) is 58.0 Å². The average molecular weight is 1150 g/mol. The average Bonchev–Trinajstić information content (AvgIpc) is 1.65. The molecule has 0 bridgehead atoms. The third-order valence-corrected chi connectivity index (χ3v) is 20.9. The number of aryl methyl sites for hydroxylation is 1. The van der Waals surface area contributed by atoms with Crippen molar-refractivity contribution in [2.75, 3.05) is 18.5 Å². The molecule has 2 saturated carbocycles. The van der Waals surface area contributed by atoms with Crippen LogP contribution in [0.2, 0.25) is 0 Å². The molecular weight excluding hydrogens is 1080 g/mol. The number of likely N-dealkylation sites (tertiary alicyclic amines) is 3. The van der Waals surface area contributed by atoms with Gasteiger partial charge < -0.3 is 9.47 Å². The highest BCUT2D eigenvalue weighted by molar-refractivity contribution is 6.21. The van der Waals surface area contributed by atoms with Crippen LogP contribution in [0.15, 0.2) is 146 Å². The fourth-order valence-electron chi connectivity index (χ4n) is 16.5. The summed E-state index contributed by atoms with van der Waals surface area (Å²) in [5.41, 5.74) is 7.03. The van der Waals surface area contributed by atoms with E-state index in [0.29, 0.717) is 48.4 Å². The lowest BCUT2D eigenvalue weighted by molar-refractivity contribution is -0.144. The van der Waals surface area contributed by atoms with E-state index >= 15 is 0 Å². The van der Waals surface area contributed by atoms with Crippen molar-refractivity contribution in [2.45, 2.75) is 120 Å². The summed E-state index contributed by atoms with van der Waals surface area (Å²) >= 11 is 0. The van der Waals surface area contributed by atoms with E-state index in [1.54, 1.807) is 29.2 Å². The number of carbonyl (C=O) groups excluding carboxylic acids is 8. The summed E-state index contributed by atoms with van der Waals surface area (Å²) in [6.07, 6.45) is 9.20. The minimum Gasteiger partial charge on any atom is -0.457 e. The molecular formula is C72H70N4O10. The number of carbonyl (C=O) groups is 8. The quantitative estimate of drug-likeness (QED) is 0.101. The highest BCUT2D eigenvalue weighted by atomic mass is 16.5. The van der Waals surface area contributed by atoms with E-state index in [4.69, 9.17) is 9.47 Å². The summed E-state index contributed by atoms with van der Waals surface area (Å²) in [6, 6.07) is 45.8. The first-order valence-electron chi connectivity index (χ1n) is 31.0. The fraction of sp³-hybridized carbons (Fsp3) is 0.389. The first-order chi connectivity index (χ1) is 41.7. The molecule has 4 heterocycles. The smallest absolute Gasteiger partial charge is 0.238 e. The summed E-state index contributed by atoms with van der Waals surface area (Å²) in [7, 11) is 1.53. The Kier molecular flexibility index (Phi) is 14.4. The number of likely N-dealkylation sites (N-methyl/N-ethyl adjacent to an activating group) is 1. The minimum absolute atomic E-state index is 0.00267. The Balaban J connectivity index is 0.558. The zero-order valence-corrected chi connectivity index (χ0v) is 48.6. The predicted molar refractivity (Wildman–Crippen MR) is 321 cm³/mol. The topological polar surface area (TPSA) is 168 Å². The Labute approximate surface area is 500 Å². The molecule has 4 saturated heterocycles. The van der Waals surface area contributed by atoms with Crippen LogP contribution in [0.5, 0.6) is 23.0 Å². The van der Waals surface area contributed by atoms with Crippen molar-refractivity contribution in [3.8, 4) is 34.1 Å². The standard InChI is InChI=1S/C72H70N4O10/c1-41-11-27-49(28-12-41)85-50-29-19-45(20-30-50)46-21-31-51(32-22-46)86-52-33-25-48(26-34-52)76-64(78)39-60(70(76)82)58-37-62-66(56-10-6-4-8-54(56)58)72(84)74(68(62)80)40-44-15-13-42(14-16-44)35-43-17-23-47(24-18-43)75-63(77)38-59(69(75)81)57-36-61-65(71(83)73(2)67(61)79)55-9-5-3-7-53(55)57/h3-12,19-22,25-34,42-44,47,57-62,65-66H,13-18,23-24,35-40H2,1-2H3. The molecule has 6 aromatic carbocycles. The summed E-state index contributed by atoms with van der Waals surface area (Å²) in [5.74, 6) is -1.95. The van der Waals surface area contributed by atoms with E-state index in [2.05, 4.69) is 0 Å². The molecule has 4 aliphatic heterocycles. The number of anilines is 1. The SMILES string of the molecule is Cc1ccc(Oc2ccc(-c3ccc(Oc4ccc(N5C(=O)CC(C6CC7C(=O)N(CC8CCC(CC9CCC(N%10C(=O)CC(C%11CC%12C(=O)N(C)C(=O)C%12c%12ccccc%12%11)C%10=O)CC9)CC8)C(=O)C7c7ccccc76)C5=O)cc4)cc3)cc2)cc1. The van der Waals surface area contributed by atoms with Crippen LogP contribution in [-0.2, 0) is 38.4 Å². The number of fused-ring (bicyclic) bond motifs is 6. The van der Waals surface area contributed by atoms with Gasteiger partial charge in [0.2, 0.25) is 47.3 Å². The van der Waals surface area contributed by atoms with Crippen molar-refractivity contribution in [2.24, 2.45) is 41.4 Å². The zero-order chi connectivity index (χ0) is 59.1. The second-order valence-electron chi connectivity index (χ2n) is 25.8. The first kappa shape index (κ1) is 55.4. The molecule has 0 aromatic heterocycles. The Morgan fingerprint density at radius 1 is 0.407 bits per heavy atom. The van der Waals surface area contributed by atoms with Crippen LogP contribution in [0.4, 0.5) is 5.69 Å². The lowest BCUT2D eigenvalue weighted by Crippen LogP contribution is -2.43. The predicted octanol–water partition coefficient (Wildman–Crippen LogP) is 12.4. The molecule has 8 atom stereocenters. The Bertz CT molecular complexity index is 3700. The van der Waals surface area contributed by atoms with Gasteiger partial charge in [0, 0.05) is 32.5 Å². The van der Waals surface area contributed by atoms with E-state index in [9.17, 15) is 38.4 Å². The molecule has 0 N–H and O–H groups in total. The van der Waals surface area contributed by atoms with Crippen molar-refractivity contribution in [3.05, 3.63) is 173 Å². The van der Waals surface area contributed by atoms with Crippen LogP contribution in [-0.4, -0.2) is 81.6 Å². The second kappa shape index (κ2) is 22.4. The molecule has 8 amide bonds. The van der Waals surface area contributed by atoms with Crippen LogP contribution in [0, 0.1) is 48.3 Å². The Morgan fingerprint density at radius 3 is 1.40 bits per heavy atom. The van der Waals surface area contributed by atoms with Crippen molar-refractivity contribution in [3.63, 3.8) is 0 Å². The highest BCUT2D eigenvalue weighted by Crippen LogP contribution is 2.54. The summed E-state index contributed by atoms with van der Waals surface area (Å²) in [5, 5.41) is 0. The molecule has 6 fully saturated rings. The minimum atomic E-state index is -0.688. The van der Waals surface area contributed by atoms with Gasteiger partial charge in [0.1, 0.15) is 23.0 Å². The van der Waals surface area contributed by atoms with Gasteiger partial charge in [-0.2, -0.15) is 0 Å². The lowest BCUT2D eigenvalue weighted by atomic mass is 9.67. The van der Waals surface area contributed by atoms with Gasteiger partial charge >= 0.3 is 0 Å². The Morgan fingerprint density at radius 2 is 0.849 bits per heavy atom. The van der Waals surface area contributed by atoms with Gasteiger partial charge in [0.05, 0.1) is 41.2 Å². The van der Waals surface area contributed by atoms with E-state index in [1.807, 2.05) is 128 Å². The van der Waals surface area contributed by atoms with Crippen LogP contribution in [0.1, 0.15) is 135 Å². The number of ether oxygens (including phenoxy) is 2. The second-order valence-corrected chi connectivity index (χ2v) is 25.8. The van der Waals surface area contributed by atoms with E-state index in [1.165, 1.54) is 27.3 Å². The molecule has 0 spiro atoms. The van der Waals surface area contributed by atoms with E-state index < -0.39 is 41.4 Å². The number of amides is 8. The number of benzene rings is 6. The molecule has 438 valence electrons. The number of hydrogen-bond acceptors (Lipinski definition) is 10. The maximum atomic E-state index is 14.5. The number of rotatable bonds is 13. The molecule has 14 nitrogen and oxygen atoms in total. The molecule has 8 unspecified atom stereocenters. The van der Waals surface area contributed by atoms with Gasteiger partial charge in [-0.15, -0.1) is 0 Å². The molecule has 0 radical (unpaired) electrons. The lowest BCUT2D eigenvalue weighted by Gasteiger charge is -2.37. The Hall–Kier alpha value is -8.52. The monoisotopic (exact) mass is 1150 g/mol. The zero-order valence-electron chi connectivity index (χ0n) is 48.6. The van der Waals surface area contributed by atoms with Crippen LogP contribution in [0.25, 0.3) is 11.1 Å². The maximum absolute atomic E-state index is 14.5. The van der Waals surface area contributed by atoms with Crippen LogP contribution >= 0.6 is 0 Å². The summed E-state index contributed by atoms with van der Waals surface area (Å²) < 4.78 is 12.2. The van der Waals surface area contributed by atoms with Crippen LogP contribution in [0.3, 0.4) is 0 Å². The van der Waals surface area contributed by atoms with Crippen LogP contribution < -0.4 is 14.4 Å². The maximum Gasteiger partial charge on any atom is 0.238 e. The van der Waals surface area contributed by atoms with E-state index in [-0.39, 0.29) is 78.0 Å². The first-order valence-corrected chi connectivity index (χ1v) is 31.0. The van der Waals surface area contributed by atoms with Gasteiger partial charge in [-0.1, -0.05) is 103 Å². The van der Waals surface area contributed by atoms with Crippen molar-refractivity contribution in [1.82, 2.24) is 14.7 Å². The highest BCUT2D eigenvalue weighted by Gasteiger charge is 2.58. The van der Waals surface area contributed by atoms with Crippen molar-refractivity contribution < 1.29 is 47.8 Å². The summed E-state index contributed by atoms with van der Waals surface area (Å²) in [4.78, 5) is 117. The number of hydrogen-bond donors (Lipinski definition) is 0. The molecule has 8 aliphatic rings. The number of imide groups is 4. The van der Waals surface area contributed by atoms with Gasteiger partial charge in [-0.05, 0) is 188 Å². The molecule has 14 heteroatoms. The molecule has 14 rings (SSSR count). The molecule has 86 heavy (non-hydrogen) atoms. The summed E-state index contributed by atoms with van der Waals surface area (Å²) in [6.45, 7) is 2.42. The third-order valence-electron chi connectivity index (χ3n) is 20.9. The number of nitrogens with zero attached hydrogens (tertiary/aromatic N) is 4.